The molecule has 0 unspecified atom stereocenters. The van der Waals surface area contributed by atoms with E-state index in [1.54, 1.807) is 0 Å². The Bertz CT molecular complexity index is 58.6. The molecule has 0 spiro atoms. The monoisotopic (exact) mass is 99.1 g/mol. The highest BCUT2D eigenvalue weighted by Gasteiger charge is 2.22. The first-order chi connectivity index (χ1) is 3.21. The second kappa shape index (κ2) is 1.48. The van der Waals surface area contributed by atoms with Crippen LogP contribution >= 0.6 is 0 Å². The van der Waals surface area contributed by atoms with E-state index >= 15 is 0 Å². The van der Waals surface area contributed by atoms with Crippen LogP contribution in [0, 0.1) is 6.42 Å². The summed E-state index contributed by atoms with van der Waals surface area (Å²) >= 11 is 0. The van der Waals surface area contributed by atoms with Crippen LogP contribution in [0.15, 0.2) is 0 Å². The summed E-state index contributed by atoms with van der Waals surface area (Å²) < 4.78 is 5.28. The second-order valence-corrected chi connectivity index (χ2v) is 2.56. The largest absolute Gasteiger partial charge is 0.375 e. The molecule has 0 bridgehead atoms. The highest BCUT2D eigenvalue weighted by Crippen LogP contribution is 2.22. The lowest BCUT2D eigenvalue weighted by molar-refractivity contribution is 0.0376. The van der Waals surface area contributed by atoms with E-state index < -0.39 is 0 Å². The lowest BCUT2D eigenvalue weighted by Crippen LogP contribution is -2.15. The molecule has 1 nitrogen and oxygen atoms in total. The van der Waals surface area contributed by atoms with Gasteiger partial charge in [-0.15, -0.1) is 0 Å². The molecular formula is C6H11O. The van der Waals surface area contributed by atoms with Gasteiger partial charge in [0.15, 0.2) is 0 Å². The fourth-order valence-electron chi connectivity index (χ4n) is 0.750. The summed E-state index contributed by atoms with van der Waals surface area (Å²) in [7, 11) is 0. The van der Waals surface area contributed by atoms with E-state index in [9.17, 15) is 0 Å². The standard InChI is InChI=1S/C6H11O/c1-6(2)4-3-5-7-6/h3H,4-5H2,1-2H3. The fraction of sp³-hybridized carbons (Fsp3) is 0.833. The molecule has 0 aromatic heterocycles. The quantitative estimate of drug-likeness (QED) is 0.446. The van der Waals surface area contributed by atoms with Crippen LogP contribution in [-0.2, 0) is 4.74 Å². The third-order valence-corrected chi connectivity index (χ3v) is 1.23. The molecule has 1 aliphatic rings. The van der Waals surface area contributed by atoms with E-state index in [4.69, 9.17) is 4.74 Å². The van der Waals surface area contributed by atoms with Crippen LogP contribution in [0.25, 0.3) is 0 Å². The Morgan fingerprint density at radius 2 is 2.29 bits per heavy atom. The van der Waals surface area contributed by atoms with Crippen molar-refractivity contribution in [3.63, 3.8) is 0 Å². The highest BCUT2D eigenvalue weighted by atomic mass is 16.5. The molecule has 1 fully saturated rings. The fourth-order valence-corrected chi connectivity index (χ4v) is 0.750. The molecule has 41 valence electrons. The maximum absolute atomic E-state index is 5.28. The van der Waals surface area contributed by atoms with Gasteiger partial charge < -0.3 is 4.74 Å². The first-order valence-corrected chi connectivity index (χ1v) is 2.66. The van der Waals surface area contributed by atoms with E-state index in [1.165, 1.54) is 0 Å². The Kier molecular flexibility index (Phi) is 1.08. The van der Waals surface area contributed by atoms with Gasteiger partial charge >= 0.3 is 0 Å². The van der Waals surface area contributed by atoms with Crippen LogP contribution in [0.1, 0.15) is 20.3 Å². The Labute approximate surface area is 44.7 Å². The minimum Gasteiger partial charge on any atom is -0.375 e. The zero-order chi connectivity index (χ0) is 5.33. The third kappa shape index (κ3) is 1.16. The molecule has 0 aliphatic carbocycles. The molecule has 1 rings (SSSR count). The van der Waals surface area contributed by atoms with E-state index in [2.05, 4.69) is 20.3 Å². The summed E-state index contributed by atoms with van der Waals surface area (Å²) in [5, 5.41) is 0. The molecule has 0 saturated carbocycles. The predicted molar refractivity (Wildman–Crippen MR) is 28.9 cm³/mol. The van der Waals surface area contributed by atoms with Gasteiger partial charge in [0, 0.05) is 0 Å². The topological polar surface area (TPSA) is 9.23 Å². The van der Waals surface area contributed by atoms with Gasteiger partial charge in [-0.05, 0) is 26.7 Å². The van der Waals surface area contributed by atoms with Gasteiger partial charge in [-0.1, -0.05) is 0 Å². The lowest BCUT2D eigenvalue weighted by atomic mass is 10.1. The van der Waals surface area contributed by atoms with E-state index in [0.717, 1.165) is 13.0 Å². The van der Waals surface area contributed by atoms with E-state index in [0.29, 0.717) is 0 Å². The van der Waals surface area contributed by atoms with Crippen LogP contribution < -0.4 is 0 Å². The van der Waals surface area contributed by atoms with Crippen molar-refractivity contribution in [2.75, 3.05) is 6.61 Å². The smallest absolute Gasteiger partial charge is 0.0630 e. The van der Waals surface area contributed by atoms with Crippen LogP contribution in [0.3, 0.4) is 0 Å². The summed E-state index contributed by atoms with van der Waals surface area (Å²) in [6.45, 7) is 5.06. The van der Waals surface area contributed by atoms with Crippen molar-refractivity contribution in [1.82, 2.24) is 0 Å². The zero-order valence-corrected chi connectivity index (χ0v) is 4.90. The molecule has 1 heterocycles. The van der Waals surface area contributed by atoms with Crippen molar-refractivity contribution < 1.29 is 4.74 Å². The molecule has 0 atom stereocenters. The van der Waals surface area contributed by atoms with Gasteiger partial charge in [0.1, 0.15) is 0 Å². The van der Waals surface area contributed by atoms with E-state index in [1.807, 2.05) is 0 Å². The van der Waals surface area contributed by atoms with Crippen molar-refractivity contribution in [1.29, 1.82) is 0 Å². The summed E-state index contributed by atoms with van der Waals surface area (Å²) in [5.74, 6) is 0. The normalized spacial score (nSPS) is 28.3. The van der Waals surface area contributed by atoms with Gasteiger partial charge in [-0.25, -0.2) is 0 Å². The molecular weight excluding hydrogens is 88.1 g/mol. The molecule has 1 radical (unpaired) electrons. The van der Waals surface area contributed by atoms with Gasteiger partial charge in [-0.2, -0.15) is 0 Å². The van der Waals surface area contributed by atoms with Crippen molar-refractivity contribution in [2.24, 2.45) is 0 Å². The van der Waals surface area contributed by atoms with Gasteiger partial charge in [0.25, 0.3) is 0 Å². The average molecular weight is 99.2 g/mol. The van der Waals surface area contributed by atoms with Crippen molar-refractivity contribution >= 4 is 0 Å². The SMILES string of the molecule is CC1(C)C[CH]CO1. The Hall–Kier alpha value is -0.0400. The molecule has 0 aromatic rings. The van der Waals surface area contributed by atoms with Crippen LogP contribution in [0.5, 0.6) is 0 Å². The maximum atomic E-state index is 5.28. The predicted octanol–water partition coefficient (Wildman–Crippen LogP) is 1.39. The van der Waals surface area contributed by atoms with Crippen LogP contribution in [0.2, 0.25) is 0 Å². The van der Waals surface area contributed by atoms with Crippen LogP contribution in [0.4, 0.5) is 0 Å². The summed E-state index contributed by atoms with van der Waals surface area (Å²) in [4.78, 5) is 0. The number of hydrogen-bond acceptors (Lipinski definition) is 1. The molecule has 0 aromatic carbocycles. The summed E-state index contributed by atoms with van der Waals surface area (Å²) in [6, 6.07) is 0. The van der Waals surface area contributed by atoms with Crippen LogP contribution in [-0.4, -0.2) is 12.2 Å². The number of ether oxygens (including phenoxy) is 1. The van der Waals surface area contributed by atoms with Gasteiger partial charge in [0.2, 0.25) is 0 Å². The Balaban J connectivity index is 2.40. The maximum Gasteiger partial charge on any atom is 0.0630 e. The number of rotatable bonds is 0. The Morgan fingerprint density at radius 3 is 2.43 bits per heavy atom. The minimum atomic E-state index is 0.139. The molecule has 1 heteroatoms. The van der Waals surface area contributed by atoms with Crippen molar-refractivity contribution in [3.8, 4) is 0 Å². The van der Waals surface area contributed by atoms with E-state index in [-0.39, 0.29) is 5.60 Å². The Morgan fingerprint density at radius 1 is 1.57 bits per heavy atom. The lowest BCUT2D eigenvalue weighted by Gasteiger charge is -2.14. The molecule has 1 aliphatic heterocycles. The third-order valence-electron chi connectivity index (χ3n) is 1.23. The first-order valence-electron chi connectivity index (χ1n) is 2.66. The molecule has 1 saturated heterocycles. The summed E-state index contributed by atoms with van der Waals surface area (Å²) in [5.41, 5.74) is 0.139. The second-order valence-electron chi connectivity index (χ2n) is 2.56. The summed E-state index contributed by atoms with van der Waals surface area (Å²) in [6.07, 6.45) is 3.27. The molecule has 7 heavy (non-hydrogen) atoms. The first kappa shape index (κ1) is 5.10. The van der Waals surface area contributed by atoms with Gasteiger partial charge in [-0.3, -0.25) is 0 Å². The average Bonchev–Trinajstić information content (AvgIpc) is 1.84. The van der Waals surface area contributed by atoms with Crippen molar-refractivity contribution in [2.45, 2.75) is 25.9 Å². The number of hydrogen-bond donors (Lipinski definition) is 0. The molecule has 0 amide bonds. The highest BCUT2D eigenvalue weighted by molar-refractivity contribution is 4.85. The minimum absolute atomic E-state index is 0.139. The van der Waals surface area contributed by atoms with Gasteiger partial charge in [0.05, 0.1) is 12.2 Å². The zero-order valence-electron chi connectivity index (χ0n) is 4.90. The molecule has 0 N–H and O–H groups in total. The van der Waals surface area contributed by atoms with Crippen molar-refractivity contribution in [3.05, 3.63) is 6.42 Å².